The van der Waals surface area contributed by atoms with Crippen molar-refractivity contribution in [2.24, 2.45) is 5.92 Å². The van der Waals surface area contributed by atoms with Gasteiger partial charge in [0, 0.05) is 6.61 Å². The van der Waals surface area contributed by atoms with Gasteiger partial charge in [0.25, 0.3) is 0 Å². The standard InChI is InChI=1S/C11H22O3/c1-4-5-8-14-10(3)7-6-9(2)11(12)13/h9-10H,4-8H2,1-3H3,(H,12,13)/t9-,10-/m0/s1. The molecule has 3 heteroatoms. The van der Waals surface area contributed by atoms with Crippen LogP contribution in [-0.2, 0) is 9.53 Å². The van der Waals surface area contributed by atoms with Crippen LogP contribution in [0.15, 0.2) is 0 Å². The molecule has 0 heterocycles. The molecule has 0 saturated heterocycles. The second kappa shape index (κ2) is 7.80. The van der Waals surface area contributed by atoms with Gasteiger partial charge in [-0.1, -0.05) is 20.3 Å². The Morgan fingerprint density at radius 2 is 2.00 bits per heavy atom. The maximum absolute atomic E-state index is 10.5. The van der Waals surface area contributed by atoms with Crippen LogP contribution in [0.1, 0.15) is 46.5 Å². The molecule has 0 aromatic heterocycles. The van der Waals surface area contributed by atoms with Crippen molar-refractivity contribution in [1.29, 1.82) is 0 Å². The summed E-state index contributed by atoms with van der Waals surface area (Å²) in [6.07, 6.45) is 3.93. The van der Waals surface area contributed by atoms with Crippen LogP contribution < -0.4 is 0 Å². The molecule has 0 fully saturated rings. The number of unbranched alkanes of at least 4 members (excludes halogenated alkanes) is 1. The lowest BCUT2D eigenvalue weighted by Crippen LogP contribution is -2.15. The first-order chi connectivity index (χ1) is 6.57. The molecule has 14 heavy (non-hydrogen) atoms. The average molecular weight is 202 g/mol. The van der Waals surface area contributed by atoms with Gasteiger partial charge in [-0.2, -0.15) is 0 Å². The molecule has 0 saturated carbocycles. The number of hydrogen-bond acceptors (Lipinski definition) is 2. The Morgan fingerprint density at radius 1 is 1.36 bits per heavy atom. The van der Waals surface area contributed by atoms with Crippen LogP contribution in [0.5, 0.6) is 0 Å². The zero-order valence-electron chi connectivity index (χ0n) is 9.45. The van der Waals surface area contributed by atoms with Crippen molar-refractivity contribution in [3.8, 4) is 0 Å². The van der Waals surface area contributed by atoms with Gasteiger partial charge in [0.15, 0.2) is 0 Å². The summed E-state index contributed by atoms with van der Waals surface area (Å²) in [6, 6.07) is 0. The molecule has 0 aliphatic heterocycles. The van der Waals surface area contributed by atoms with E-state index in [2.05, 4.69) is 6.92 Å². The second-order valence-electron chi connectivity index (χ2n) is 3.85. The summed E-state index contributed by atoms with van der Waals surface area (Å²) >= 11 is 0. The molecule has 0 aromatic rings. The Labute approximate surface area is 86.5 Å². The summed E-state index contributed by atoms with van der Waals surface area (Å²) in [5.41, 5.74) is 0. The quantitative estimate of drug-likeness (QED) is 0.615. The summed E-state index contributed by atoms with van der Waals surface area (Å²) in [4.78, 5) is 10.5. The molecule has 2 atom stereocenters. The fourth-order valence-corrected chi connectivity index (χ4v) is 1.12. The first-order valence-electron chi connectivity index (χ1n) is 5.42. The summed E-state index contributed by atoms with van der Waals surface area (Å²) in [5.74, 6) is -0.974. The highest BCUT2D eigenvalue weighted by Gasteiger charge is 2.12. The van der Waals surface area contributed by atoms with E-state index in [-0.39, 0.29) is 12.0 Å². The van der Waals surface area contributed by atoms with Crippen LogP contribution in [0, 0.1) is 5.92 Å². The van der Waals surface area contributed by atoms with Crippen molar-refractivity contribution in [1.82, 2.24) is 0 Å². The highest BCUT2D eigenvalue weighted by atomic mass is 16.5. The molecular formula is C11H22O3. The highest BCUT2D eigenvalue weighted by Crippen LogP contribution is 2.10. The minimum absolute atomic E-state index is 0.184. The molecule has 0 spiro atoms. The summed E-state index contributed by atoms with van der Waals surface area (Å²) < 4.78 is 5.52. The van der Waals surface area contributed by atoms with Crippen molar-refractivity contribution < 1.29 is 14.6 Å². The van der Waals surface area contributed by atoms with Crippen LogP contribution in [0.2, 0.25) is 0 Å². The van der Waals surface area contributed by atoms with Crippen molar-refractivity contribution in [3.63, 3.8) is 0 Å². The number of ether oxygens (including phenoxy) is 1. The van der Waals surface area contributed by atoms with Crippen molar-refractivity contribution in [2.75, 3.05) is 6.61 Å². The van der Waals surface area contributed by atoms with Gasteiger partial charge >= 0.3 is 5.97 Å². The van der Waals surface area contributed by atoms with Gasteiger partial charge in [0.1, 0.15) is 0 Å². The number of hydrogen-bond donors (Lipinski definition) is 1. The van der Waals surface area contributed by atoms with Crippen molar-refractivity contribution in [3.05, 3.63) is 0 Å². The Morgan fingerprint density at radius 3 is 2.50 bits per heavy atom. The Bertz CT molecular complexity index is 157. The Balaban J connectivity index is 3.43. The molecule has 0 bridgehead atoms. The largest absolute Gasteiger partial charge is 0.481 e. The van der Waals surface area contributed by atoms with E-state index >= 15 is 0 Å². The summed E-state index contributed by atoms with van der Waals surface area (Å²) in [7, 11) is 0. The molecule has 0 aliphatic rings. The molecule has 0 rings (SSSR count). The third kappa shape index (κ3) is 6.89. The summed E-state index contributed by atoms with van der Waals surface area (Å²) in [6.45, 7) is 6.66. The lowest BCUT2D eigenvalue weighted by atomic mass is 10.0. The second-order valence-corrected chi connectivity index (χ2v) is 3.85. The van der Waals surface area contributed by atoms with Gasteiger partial charge in [-0.15, -0.1) is 0 Å². The molecule has 3 nitrogen and oxygen atoms in total. The molecule has 1 N–H and O–H groups in total. The van der Waals surface area contributed by atoms with Crippen LogP contribution in [0.25, 0.3) is 0 Å². The van der Waals surface area contributed by atoms with Gasteiger partial charge in [0.2, 0.25) is 0 Å². The monoisotopic (exact) mass is 202 g/mol. The lowest BCUT2D eigenvalue weighted by Gasteiger charge is -2.13. The number of carbonyl (C=O) groups is 1. The SMILES string of the molecule is CCCCO[C@@H](C)CC[C@H](C)C(=O)O. The van der Waals surface area contributed by atoms with E-state index in [4.69, 9.17) is 9.84 Å². The fourth-order valence-electron chi connectivity index (χ4n) is 1.12. The average Bonchev–Trinajstić information content (AvgIpc) is 2.14. The minimum atomic E-state index is -0.717. The van der Waals surface area contributed by atoms with E-state index in [1.165, 1.54) is 0 Å². The van der Waals surface area contributed by atoms with E-state index < -0.39 is 5.97 Å². The maximum Gasteiger partial charge on any atom is 0.306 e. The van der Waals surface area contributed by atoms with Crippen molar-refractivity contribution in [2.45, 2.75) is 52.6 Å². The third-order valence-corrected chi connectivity index (χ3v) is 2.33. The van der Waals surface area contributed by atoms with E-state index in [0.29, 0.717) is 6.42 Å². The molecule has 0 amide bonds. The van der Waals surface area contributed by atoms with Crippen LogP contribution in [-0.4, -0.2) is 23.8 Å². The molecule has 84 valence electrons. The van der Waals surface area contributed by atoms with E-state index in [9.17, 15) is 4.79 Å². The van der Waals surface area contributed by atoms with E-state index in [1.54, 1.807) is 6.92 Å². The number of carboxylic acids is 1. The topological polar surface area (TPSA) is 46.5 Å². The zero-order chi connectivity index (χ0) is 11.0. The maximum atomic E-state index is 10.5. The van der Waals surface area contributed by atoms with E-state index in [0.717, 1.165) is 25.9 Å². The molecule has 0 aliphatic carbocycles. The lowest BCUT2D eigenvalue weighted by molar-refractivity contribution is -0.141. The normalized spacial score (nSPS) is 15.1. The molecule has 0 radical (unpaired) electrons. The Kier molecular flexibility index (Phi) is 7.48. The minimum Gasteiger partial charge on any atom is -0.481 e. The number of aliphatic carboxylic acids is 1. The predicted octanol–water partition coefficient (Wildman–Crippen LogP) is 2.69. The number of rotatable bonds is 8. The van der Waals surface area contributed by atoms with Crippen LogP contribution >= 0.6 is 0 Å². The zero-order valence-corrected chi connectivity index (χ0v) is 9.45. The first kappa shape index (κ1) is 13.4. The number of carboxylic acid groups (broad SMARTS) is 1. The smallest absolute Gasteiger partial charge is 0.306 e. The highest BCUT2D eigenvalue weighted by molar-refractivity contribution is 5.69. The predicted molar refractivity (Wildman–Crippen MR) is 56.4 cm³/mol. The fraction of sp³-hybridized carbons (Fsp3) is 0.909. The van der Waals surface area contributed by atoms with Gasteiger partial charge in [-0.25, -0.2) is 0 Å². The molecule has 0 aromatic carbocycles. The van der Waals surface area contributed by atoms with Crippen LogP contribution in [0.4, 0.5) is 0 Å². The van der Waals surface area contributed by atoms with Gasteiger partial charge in [0.05, 0.1) is 12.0 Å². The van der Waals surface area contributed by atoms with E-state index in [1.807, 2.05) is 6.92 Å². The summed E-state index contributed by atoms with van der Waals surface area (Å²) in [5, 5.41) is 8.67. The third-order valence-electron chi connectivity index (χ3n) is 2.33. The molecule has 0 unspecified atom stereocenters. The Hall–Kier alpha value is -0.570. The van der Waals surface area contributed by atoms with Gasteiger partial charge in [-0.05, 0) is 26.2 Å². The van der Waals surface area contributed by atoms with Gasteiger partial charge < -0.3 is 9.84 Å². The van der Waals surface area contributed by atoms with Crippen LogP contribution in [0.3, 0.4) is 0 Å². The van der Waals surface area contributed by atoms with Gasteiger partial charge in [-0.3, -0.25) is 4.79 Å². The molecular weight excluding hydrogens is 180 g/mol. The van der Waals surface area contributed by atoms with Crippen molar-refractivity contribution >= 4 is 5.97 Å². The first-order valence-corrected chi connectivity index (χ1v) is 5.42.